The molecule has 0 atom stereocenters. The van der Waals surface area contributed by atoms with E-state index < -0.39 is 5.97 Å². The second-order valence-electron chi connectivity index (χ2n) is 9.65. The van der Waals surface area contributed by atoms with Crippen LogP contribution in [0.1, 0.15) is 67.6 Å². The van der Waals surface area contributed by atoms with Gasteiger partial charge in [0.2, 0.25) is 5.91 Å². The minimum Gasteiger partial charge on any atom is -0.494 e. The number of hydrogen-bond acceptors (Lipinski definition) is 5. The molecule has 0 radical (unpaired) electrons. The van der Waals surface area contributed by atoms with E-state index in [1.54, 1.807) is 6.92 Å². The molecular weight excluding hydrogens is 458 g/mol. The summed E-state index contributed by atoms with van der Waals surface area (Å²) in [5.41, 5.74) is 5.78. The van der Waals surface area contributed by atoms with Crippen molar-refractivity contribution in [1.82, 2.24) is 0 Å². The van der Waals surface area contributed by atoms with E-state index in [0.717, 1.165) is 22.4 Å². The van der Waals surface area contributed by atoms with Gasteiger partial charge in [0, 0.05) is 17.4 Å². The Bertz CT molecular complexity index is 1170. The number of carbonyl (C=O) groups is 2. The highest BCUT2D eigenvalue weighted by atomic mass is 32.1. The molecule has 0 fully saturated rings. The number of carbonyl (C=O) groups excluding carboxylic acids is 2. The molecule has 0 aliphatic rings. The van der Waals surface area contributed by atoms with Gasteiger partial charge in [0.25, 0.3) is 0 Å². The molecule has 186 valence electrons. The molecule has 35 heavy (non-hydrogen) atoms. The van der Waals surface area contributed by atoms with Crippen LogP contribution in [0.4, 0.5) is 5.00 Å². The van der Waals surface area contributed by atoms with Crippen molar-refractivity contribution < 1.29 is 19.1 Å². The fourth-order valence-corrected chi connectivity index (χ4v) is 4.61. The molecule has 1 amide bonds. The number of rotatable bonds is 9. The summed E-state index contributed by atoms with van der Waals surface area (Å²) in [5.74, 6) is 0.203. The summed E-state index contributed by atoms with van der Waals surface area (Å²) in [6.45, 7) is 13.1. The summed E-state index contributed by atoms with van der Waals surface area (Å²) in [7, 11) is 0. The van der Waals surface area contributed by atoms with Crippen LogP contribution >= 0.6 is 11.3 Å². The van der Waals surface area contributed by atoms with Crippen molar-refractivity contribution >= 4 is 28.2 Å². The van der Waals surface area contributed by atoms with Crippen LogP contribution in [0.15, 0.2) is 47.8 Å². The topological polar surface area (TPSA) is 64.6 Å². The van der Waals surface area contributed by atoms with Gasteiger partial charge in [-0.3, -0.25) is 4.79 Å². The lowest BCUT2D eigenvalue weighted by Gasteiger charge is -2.19. The molecule has 2 aromatic carbocycles. The highest BCUT2D eigenvalue weighted by Crippen LogP contribution is 2.37. The van der Waals surface area contributed by atoms with Gasteiger partial charge in [0.05, 0.1) is 13.2 Å². The Morgan fingerprint density at radius 3 is 2.34 bits per heavy atom. The maximum absolute atomic E-state index is 12.8. The minimum absolute atomic E-state index is 0.0962. The van der Waals surface area contributed by atoms with Gasteiger partial charge in [-0.15, -0.1) is 11.3 Å². The van der Waals surface area contributed by atoms with E-state index in [9.17, 15) is 9.59 Å². The van der Waals surface area contributed by atoms with Crippen molar-refractivity contribution in [3.05, 3.63) is 70.1 Å². The lowest BCUT2D eigenvalue weighted by atomic mass is 9.87. The fourth-order valence-electron chi connectivity index (χ4n) is 3.64. The maximum Gasteiger partial charge on any atom is 0.341 e. The molecule has 0 spiro atoms. The average Bonchev–Trinajstić information content (AvgIpc) is 3.22. The summed E-state index contributed by atoms with van der Waals surface area (Å²) in [4.78, 5) is 25.4. The molecule has 5 nitrogen and oxygen atoms in total. The second kappa shape index (κ2) is 11.5. The van der Waals surface area contributed by atoms with E-state index in [2.05, 4.69) is 51.2 Å². The zero-order valence-corrected chi connectivity index (χ0v) is 22.3. The van der Waals surface area contributed by atoms with E-state index in [1.165, 1.54) is 22.5 Å². The molecule has 0 saturated carbocycles. The summed E-state index contributed by atoms with van der Waals surface area (Å²) in [5, 5.41) is 5.33. The van der Waals surface area contributed by atoms with Gasteiger partial charge in [-0.05, 0) is 67.0 Å². The Hall–Kier alpha value is -3.12. The van der Waals surface area contributed by atoms with Crippen molar-refractivity contribution in [2.45, 2.75) is 59.8 Å². The van der Waals surface area contributed by atoms with E-state index in [1.807, 2.05) is 36.6 Å². The summed E-state index contributed by atoms with van der Waals surface area (Å²) in [6, 6.07) is 14.2. The fraction of sp³-hybridized carbons (Fsp3) is 0.379. The number of benzene rings is 2. The second-order valence-corrected chi connectivity index (χ2v) is 10.5. The predicted molar refractivity (Wildman–Crippen MR) is 144 cm³/mol. The van der Waals surface area contributed by atoms with E-state index in [0.29, 0.717) is 30.0 Å². The Balaban J connectivity index is 1.62. The van der Waals surface area contributed by atoms with Crippen LogP contribution in [0, 0.1) is 13.8 Å². The van der Waals surface area contributed by atoms with Crippen LogP contribution in [-0.2, 0) is 14.9 Å². The molecule has 6 heteroatoms. The zero-order chi connectivity index (χ0) is 25.6. The third-order valence-corrected chi connectivity index (χ3v) is 6.77. The van der Waals surface area contributed by atoms with E-state index in [-0.39, 0.29) is 17.9 Å². The number of esters is 1. The summed E-state index contributed by atoms with van der Waals surface area (Å²) < 4.78 is 11.1. The third kappa shape index (κ3) is 6.95. The lowest BCUT2D eigenvalue weighted by molar-refractivity contribution is -0.116. The van der Waals surface area contributed by atoms with Gasteiger partial charge in [0.1, 0.15) is 16.3 Å². The van der Waals surface area contributed by atoms with Crippen LogP contribution in [0.25, 0.3) is 11.1 Å². The van der Waals surface area contributed by atoms with Gasteiger partial charge < -0.3 is 14.8 Å². The average molecular weight is 494 g/mol. The Kier molecular flexibility index (Phi) is 8.73. The van der Waals surface area contributed by atoms with Crippen molar-refractivity contribution in [1.29, 1.82) is 0 Å². The lowest BCUT2D eigenvalue weighted by Crippen LogP contribution is -2.15. The molecule has 0 unspecified atom stereocenters. The first kappa shape index (κ1) is 26.5. The van der Waals surface area contributed by atoms with Crippen molar-refractivity contribution in [2.24, 2.45) is 0 Å². The normalized spacial score (nSPS) is 11.3. The van der Waals surface area contributed by atoms with Crippen molar-refractivity contribution in [3.8, 4) is 16.9 Å². The van der Waals surface area contributed by atoms with Crippen LogP contribution in [0.3, 0.4) is 0 Å². The molecule has 1 heterocycles. The van der Waals surface area contributed by atoms with E-state index in [4.69, 9.17) is 9.47 Å². The number of amides is 1. The van der Waals surface area contributed by atoms with Gasteiger partial charge in [-0.25, -0.2) is 4.79 Å². The Morgan fingerprint density at radius 2 is 1.71 bits per heavy atom. The standard InChI is InChI=1S/C29H35NO4S/c1-7-33-28(32)26-24(21-11-10-19(2)20(3)17-21)18-35-27(26)30-25(31)9-8-16-34-23-14-12-22(13-15-23)29(4,5)6/h10-15,17-18H,7-9,16H2,1-6H3,(H,30,31). The van der Waals surface area contributed by atoms with Crippen LogP contribution < -0.4 is 10.1 Å². The molecule has 0 aliphatic carbocycles. The number of hydrogen-bond donors (Lipinski definition) is 1. The monoisotopic (exact) mass is 493 g/mol. The third-order valence-electron chi connectivity index (χ3n) is 5.88. The van der Waals surface area contributed by atoms with E-state index >= 15 is 0 Å². The number of thiophene rings is 1. The van der Waals surface area contributed by atoms with Crippen LogP contribution in [0.2, 0.25) is 0 Å². The Morgan fingerprint density at radius 1 is 1.00 bits per heavy atom. The number of ether oxygens (including phenoxy) is 2. The van der Waals surface area contributed by atoms with Crippen LogP contribution in [0.5, 0.6) is 5.75 Å². The van der Waals surface area contributed by atoms with Crippen molar-refractivity contribution in [3.63, 3.8) is 0 Å². The largest absolute Gasteiger partial charge is 0.494 e. The predicted octanol–water partition coefficient (Wildman–Crippen LogP) is 7.30. The molecular formula is C29H35NO4S. The first-order chi connectivity index (χ1) is 16.6. The van der Waals surface area contributed by atoms with Gasteiger partial charge in [-0.2, -0.15) is 0 Å². The van der Waals surface area contributed by atoms with Gasteiger partial charge in [-0.1, -0.05) is 51.1 Å². The quantitative estimate of drug-likeness (QED) is 0.251. The highest BCUT2D eigenvalue weighted by Gasteiger charge is 2.23. The minimum atomic E-state index is -0.431. The zero-order valence-electron chi connectivity index (χ0n) is 21.5. The molecule has 1 aromatic heterocycles. The molecule has 0 saturated heterocycles. The smallest absolute Gasteiger partial charge is 0.341 e. The molecule has 3 rings (SSSR count). The highest BCUT2D eigenvalue weighted by molar-refractivity contribution is 7.15. The molecule has 0 bridgehead atoms. The SMILES string of the molecule is CCOC(=O)c1c(-c2ccc(C)c(C)c2)csc1NC(=O)CCCOc1ccc(C(C)(C)C)cc1. The van der Waals surface area contributed by atoms with Crippen LogP contribution in [-0.4, -0.2) is 25.1 Å². The first-order valence-electron chi connectivity index (χ1n) is 12.0. The summed E-state index contributed by atoms with van der Waals surface area (Å²) in [6.07, 6.45) is 0.857. The maximum atomic E-state index is 12.8. The summed E-state index contributed by atoms with van der Waals surface area (Å²) >= 11 is 1.34. The number of nitrogens with one attached hydrogen (secondary N) is 1. The molecule has 0 aliphatic heterocycles. The van der Waals surface area contributed by atoms with Gasteiger partial charge in [0.15, 0.2) is 0 Å². The van der Waals surface area contributed by atoms with Gasteiger partial charge >= 0.3 is 5.97 Å². The van der Waals surface area contributed by atoms with Crippen molar-refractivity contribution in [2.75, 3.05) is 18.5 Å². The molecule has 3 aromatic rings. The number of anilines is 1. The first-order valence-corrected chi connectivity index (χ1v) is 12.9. The number of aryl methyl sites for hydroxylation is 2. The Labute approximate surface area is 212 Å². The molecule has 1 N–H and O–H groups in total.